The van der Waals surface area contributed by atoms with Crippen LogP contribution in [0.5, 0.6) is 0 Å². The Bertz CT molecular complexity index is 939. The van der Waals surface area contributed by atoms with Crippen LogP contribution >= 0.6 is 0 Å². The second kappa shape index (κ2) is 8.21. The van der Waals surface area contributed by atoms with Gasteiger partial charge in [0.1, 0.15) is 5.82 Å². The van der Waals surface area contributed by atoms with Crippen molar-refractivity contribution in [3.05, 3.63) is 42.2 Å². The molecule has 0 radical (unpaired) electrons. The van der Waals surface area contributed by atoms with Gasteiger partial charge in [-0.25, -0.2) is 12.8 Å². The van der Waals surface area contributed by atoms with Crippen molar-refractivity contribution in [2.45, 2.75) is 4.90 Å². The van der Waals surface area contributed by atoms with Gasteiger partial charge in [0.25, 0.3) is 0 Å². The zero-order chi connectivity index (χ0) is 20.4. The number of piperazine rings is 2. The van der Waals surface area contributed by atoms with Crippen molar-refractivity contribution >= 4 is 21.7 Å². The number of hydrogen-bond acceptors (Lipinski definition) is 7. The number of sulfonamides is 1. The minimum atomic E-state index is -3.70. The molecule has 1 aromatic heterocycles. The summed E-state index contributed by atoms with van der Waals surface area (Å²) >= 11 is 0. The Hall–Kier alpha value is -2.30. The quantitative estimate of drug-likeness (QED) is 0.727. The van der Waals surface area contributed by atoms with Crippen molar-refractivity contribution in [1.82, 2.24) is 19.4 Å². The Morgan fingerprint density at radius 1 is 0.828 bits per heavy atom. The summed E-state index contributed by atoms with van der Waals surface area (Å²) in [7, 11) is -1.58. The number of nitrogens with zero attached hydrogens (tertiary/aromatic N) is 6. The Kier molecular flexibility index (Phi) is 5.66. The first-order valence-electron chi connectivity index (χ1n) is 9.71. The number of benzene rings is 1. The summed E-state index contributed by atoms with van der Waals surface area (Å²) in [5, 5.41) is 8.73. The topological polar surface area (TPSA) is 72.9 Å². The highest BCUT2D eigenvalue weighted by Gasteiger charge is 2.29. The third-order valence-electron chi connectivity index (χ3n) is 5.46. The van der Waals surface area contributed by atoms with Crippen LogP contribution in [-0.2, 0) is 10.0 Å². The van der Waals surface area contributed by atoms with E-state index in [4.69, 9.17) is 0 Å². The molecular formula is C19H25FN6O2S. The van der Waals surface area contributed by atoms with Crippen LogP contribution in [0.3, 0.4) is 0 Å². The molecule has 0 atom stereocenters. The predicted octanol–water partition coefficient (Wildman–Crippen LogP) is 0.878. The fourth-order valence-electron chi connectivity index (χ4n) is 3.63. The molecule has 0 unspecified atom stereocenters. The molecule has 2 aliphatic heterocycles. The van der Waals surface area contributed by atoms with Crippen molar-refractivity contribution in [2.24, 2.45) is 0 Å². The Morgan fingerprint density at radius 3 is 1.90 bits per heavy atom. The highest BCUT2D eigenvalue weighted by atomic mass is 32.2. The van der Waals surface area contributed by atoms with Crippen molar-refractivity contribution in [3.63, 3.8) is 0 Å². The van der Waals surface area contributed by atoms with E-state index >= 15 is 0 Å². The van der Waals surface area contributed by atoms with Gasteiger partial charge in [0.05, 0.1) is 4.90 Å². The van der Waals surface area contributed by atoms with E-state index in [1.807, 2.05) is 17.0 Å². The Labute approximate surface area is 170 Å². The second-order valence-electron chi connectivity index (χ2n) is 7.39. The first kappa shape index (κ1) is 20.0. The van der Waals surface area contributed by atoms with E-state index in [0.29, 0.717) is 26.2 Å². The summed E-state index contributed by atoms with van der Waals surface area (Å²) in [6, 6.07) is 9.05. The van der Waals surface area contributed by atoms with Gasteiger partial charge in [-0.05, 0) is 37.4 Å². The van der Waals surface area contributed by atoms with Gasteiger partial charge in [0, 0.05) is 52.4 Å². The van der Waals surface area contributed by atoms with E-state index in [-0.39, 0.29) is 4.90 Å². The van der Waals surface area contributed by atoms with Crippen LogP contribution in [0.25, 0.3) is 0 Å². The van der Waals surface area contributed by atoms with E-state index in [2.05, 4.69) is 27.0 Å². The first-order valence-corrected chi connectivity index (χ1v) is 11.2. The third-order valence-corrected chi connectivity index (χ3v) is 7.35. The van der Waals surface area contributed by atoms with Crippen molar-refractivity contribution < 1.29 is 12.8 Å². The number of aromatic nitrogens is 2. The maximum atomic E-state index is 13.4. The third kappa shape index (κ3) is 4.34. The van der Waals surface area contributed by atoms with Crippen LogP contribution in [0.4, 0.5) is 16.0 Å². The highest BCUT2D eigenvalue weighted by Crippen LogP contribution is 2.21. The molecule has 29 heavy (non-hydrogen) atoms. The average molecular weight is 421 g/mol. The Morgan fingerprint density at radius 2 is 1.38 bits per heavy atom. The lowest BCUT2D eigenvalue weighted by Crippen LogP contribution is -2.49. The molecule has 0 aliphatic carbocycles. The Balaban J connectivity index is 1.38. The second-order valence-corrected chi connectivity index (χ2v) is 9.33. The zero-order valence-corrected chi connectivity index (χ0v) is 17.2. The molecule has 2 aliphatic rings. The summed E-state index contributed by atoms with van der Waals surface area (Å²) in [6.45, 7) is 5.54. The summed E-state index contributed by atoms with van der Waals surface area (Å²) in [6.07, 6.45) is 0. The molecule has 3 heterocycles. The van der Waals surface area contributed by atoms with Gasteiger partial charge in [0.2, 0.25) is 10.0 Å². The molecule has 1 aromatic carbocycles. The molecule has 156 valence electrons. The molecule has 2 fully saturated rings. The summed E-state index contributed by atoms with van der Waals surface area (Å²) < 4.78 is 40.3. The van der Waals surface area contributed by atoms with E-state index in [1.165, 1.54) is 22.5 Å². The lowest BCUT2D eigenvalue weighted by Gasteiger charge is -2.35. The number of likely N-dealkylation sites (N-methyl/N-ethyl adjacent to an activating group) is 1. The monoisotopic (exact) mass is 420 g/mol. The van der Waals surface area contributed by atoms with E-state index in [9.17, 15) is 12.8 Å². The largest absolute Gasteiger partial charge is 0.353 e. The molecule has 0 spiro atoms. The average Bonchev–Trinajstić information content (AvgIpc) is 2.74. The first-order chi connectivity index (χ1) is 13.9. The van der Waals surface area contributed by atoms with Gasteiger partial charge >= 0.3 is 0 Å². The predicted molar refractivity (Wildman–Crippen MR) is 109 cm³/mol. The molecule has 8 nitrogen and oxygen atoms in total. The molecule has 0 amide bonds. The normalized spacial score (nSPS) is 19.5. The van der Waals surface area contributed by atoms with Gasteiger partial charge in [0.15, 0.2) is 11.6 Å². The van der Waals surface area contributed by atoms with E-state index in [0.717, 1.165) is 43.9 Å². The van der Waals surface area contributed by atoms with Gasteiger partial charge < -0.3 is 14.7 Å². The van der Waals surface area contributed by atoms with Gasteiger partial charge in [-0.3, -0.25) is 0 Å². The summed E-state index contributed by atoms with van der Waals surface area (Å²) in [5.74, 6) is 1.06. The van der Waals surface area contributed by atoms with Gasteiger partial charge in [-0.1, -0.05) is 6.07 Å². The van der Waals surface area contributed by atoms with Crippen LogP contribution in [0, 0.1) is 5.82 Å². The number of rotatable bonds is 4. The molecule has 4 rings (SSSR count). The molecular weight excluding hydrogens is 395 g/mol. The smallest absolute Gasteiger partial charge is 0.243 e. The van der Waals surface area contributed by atoms with Crippen molar-refractivity contribution in [2.75, 3.05) is 69.2 Å². The maximum Gasteiger partial charge on any atom is 0.243 e. The molecule has 10 heteroatoms. The van der Waals surface area contributed by atoms with Gasteiger partial charge in [-0.2, -0.15) is 4.31 Å². The van der Waals surface area contributed by atoms with Crippen LogP contribution in [0.15, 0.2) is 41.3 Å². The maximum absolute atomic E-state index is 13.4. The van der Waals surface area contributed by atoms with Crippen LogP contribution in [0.1, 0.15) is 0 Å². The van der Waals surface area contributed by atoms with Crippen molar-refractivity contribution in [3.8, 4) is 0 Å². The number of halogens is 1. The summed E-state index contributed by atoms with van der Waals surface area (Å²) in [4.78, 5) is 6.52. The minimum absolute atomic E-state index is 0.0118. The molecule has 0 bridgehead atoms. The zero-order valence-electron chi connectivity index (χ0n) is 16.4. The fraction of sp³-hybridized carbons (Fsp3) is 0.474. The molecule has 0 N–H and O–H groups in total. The van der Waals surface area contributed by atoms with Crippen LogP contribution in [-0.4, -0.2) is 87.2 Å². The number of hydrogen-bond donors (Lipinski definition) is 0. The molecule has 0 saturated carbocycles. The lowest BCUT2D eigenvalue weighted by atomic mass is 10.3. The van der Waals surface area contributed by atoms with E-state index < -0.39 is 15.8 Å². The minimum Gasteiger partial charge on any atom is -0.353 e. The van der Waals surface area contributed by atoms with Crippen molar-refractivity contribution in [1.29, 1.82) is 0 Å². The summed E-state index contributed by atoms with van der Waals surface area (Å²) in [5.41, 5.74) is 0. The molecule has 2 aromatic rings. The molecule has 2 saturated heterocycles. The SMILES string of the molecule is CN1CCN(c2ccc(N3CCN(S(=O)(=O)c4cccc(F)c4)CC3)nn2)CC1. The van der Waals surface area contributed by atoms with Crippen LogP contribution in [0.2, 0.25) is 0 Å². The van der Waals surface area contributed by atoms with Crippen LogP contribution < -0.4 is 9.80 Å². The standard InChI is InChI=1S/C19H25FN6O2S/c1-23-7-9-24(10-8-23)18-5-6-19(22-21-18)25-11-13-26(14-12-25)29(27,28)17-4-2-3-16(20)15-17/h2-6,15H,7-14H2,1H3. The van der Waals surface area contributed by atoms with Gasteiger partial charge in [-0.15, -0.1) is 10.2 Å². The van der Waals surface area contributed by atoms with E-state index in [1.54, 1.807) is 0 Å². The highest BCUT2D eigenvalue weighted by molar-refractivity contribution is 7.89. The number of anilines is 2. The fourth-order valence-corrected chi connectivity index (χ4v) is 5.08. The lowest BCUT2D eigenvalue weighted by molar-refractivity contribution is 0.312.